The number of aromatic nitrogens is 2. The van der Waals surface area contributed by atoms with E-state index in [2.05, 4.69) is 4.98 Å². The number of piperazine rings is 1. The van der Waals surface area contributed by atoms with E-state index in [1.165, 1.54) is 12.1 Å². The molecular formula is C21H21F3N4O. The molecule has 0 unspecified atom stereocenters. The van der Waals surface area contributed by atoms with Gasteiger partial charge in [0.15, 0.2) is 0 Å². The van der Waals surface area contributed by atoms with E-state index in [9.17, 15) is 18.0 Å². The highest BCUT2D eigenvalue weighted by Crippen LogP contribution is 2.31. The molecule has 0 spiro atoms. The van der Waals surface area contributed by atoms with Crippen LogP contribution in [0, 0.1) is 0 Å². The van der Waals surface area contributed by atoms with E-state index in [0.717, 1.165) is 17.1 Å². The molecule has 4 rings (SSSR count). The highest BCUT2D eigenvalue weighted by molar-refractivity contribution is 5.78. The van der Waals surface area contributed by atoms with Crippen molar-refractivity contribution in [3.63, 3.8) is 0 Å². The zero-order valence-corrected chi connectivity index (χ0v) is 15.8. The van der Waals surface area contributed by atoms with E-state index in [1.54, 1.807) is 17.3 Å². The van der Waals surface area contributed by atoms with Crippen LogP contribution in [0.3, 0.4) is 0 Å². The summed E-state index contributed by atoms with van der Waals surface area (Å²) in [5.41, 5.74) is 1.78. The molecule has 29 heavy (non-hydrogen) atoms. The summed E-state index contributed by atoms with van der Waals surface area (Å²) in [6.45, 7) is 2.58. The van der Waals surface area contributed by atoms with Crippen LogP contribution in [0.25, 0.3) is 11.0 Å². The van der Waals surface area contributed by atoms with Crippen LogP contribution in [0.4, 0.5) is 18.9 Å². The maximum atomic E-state index is 12.9. The van der Waals surface area contributed by atoms with Crippen molar-refractivity contribution >= 4 is 22.6 Å². The second-order valence-electron chi connectivity index (χ2n) is 7.09. The van der Waals surface area contributed by atoms with E-state index in [0.29, 0.717) is 44.8 Å². The molecule has 3 aromatic rings. The minimum Gasteiger partial charge on any atom is -0.368 e. The van der Waals surface area contributed by atoms with Gasteiger partial charge in [0.25, 0.3) is 0 Å². The van der Waals surface area contributed by atoms with Gasteiger partial charge in [-0.25, -0.2) is 4.98 Å². The molecule has 0 atom stereocenters. The third kappa shape index (κ3) is 4.21. The summed E-state index contributed by atoms with van der Waals surface area (Å²) in [7, 11) is 0. The lowest BCUT2D eigenvalue weighted by Crippen LogP contribution is -2.49. The SMILES string of the molecule is O=C(CCn1cnc2ccccc21)N1CCN(c2cccc(C(F)(F)F)c2)CC1. The Morgan fingerprint density at radius 1 is 1.00 bits per heavy atom. The number of alkyl halides is 3. The van der Waals surface area contributed by atoms with Crippen LogP contribution >= 0.6 is 0 Å². The molecule has 1 amide bonds. The molecule has 0 N–H and O–H groups in total. The average Bonchev–Trinajstić information content (AvgIpc) is 3.15. The molecule has 2 aromatic carbocycles. The van der Waals surface area contributed by atoms with E-state index >= 15 is 0 Å². The van der Waals surface area contributed by atoms with Gasteiger partial charge in [-0.2, -0.15) is 13.2 Å². The van der Waals surface area contributed by atoms with E-state index in [1.807, 2.05) is 33.7 Å². The minimum atomic E-state index is -4.36. The number of imidazole rings is 1. The number of fused-ring (bicyclic) bond motifs is 1. The number of halogens is 3. The maximum Gasteiger partial charge on any atom is 0.416 e. The fourth-order valence-corrected chi connectivity index (χ4v) is 3.66. The zero-order chi connectivity index (χ0) is 20.4. The standard InChI is InChI=1S/C21H21F3N4O/c22-21(23,24)16-4-3-5-17(14-16)26-10-12-27(13-11-26)20(29)8-9-28-15-25-18-6-1-2-7-19(18)28/h1-7,14-15H,8-13H2. The number of amides is 1. The van der Waals surface area contributed by atoms with Gasteiger partial charge in [-0.05, 0) is 30.3 Å². The number of anilines is 1. The molecule has 152 valence electrons. The highest BCUT2D eigenvalue weighted by Gasteiger charge is 2.31. The van der Waals surface area contributed by atoms with Crippen molar-refractivity contribution in [1.29, 1.82) is 0 Å². The number of hydrogen-bond donors (Lipinski definition) is 0. The molecule has 5 nitrogen and oxygen atoms in total. The van der Waals surface area contributed by atoms with Crippen molar-refractivity contribution in [1.82, 2.24) is 14.5 Å². The quantitative estimate of drug-likeness (QED) is 0.667. The van der Waals surface area contributed by atoms with Crippen LogP contribution in [-0.2, 0) is 17.5 Å². The predicted octanol–water partition coefficient (Wildman–Crippen LogP) is 3.79. The van der Waals surface area contributed by atoms with Gasteiger partial charge >= 0.3 is 6.18 Å². The number of carbonyl (C=O) groups is 1. The highest BCUT2D eigenvalue weighted by atomic mass is 19.4. The van der Waals surface area contributed by atoms with Gasteiger partial charge in [0.05, 0.1) is 22.9 Å². The number of nitrogens with zero attached hydrogens (tertiary/aromatic N) is 4. The number of rotatable bonds is 4. The first-order valence-electron chi connectivity index (χ1n) is 9.52. The Morgan fingerprint density at radius 2 is 1.76 bits per heavy atom. The first-order chi connectivity index (χ1) is 13.9. The smallest absolute Gasteiger partial charge is 0.368 e. The molecule has 0 aliphatic carbocycles. The molecule has 0 radical (unpaired) electrons. The minimum absolute atomic E-state index is 0.0477. The molecule has 1 aliphatic heterocycles. The van der Waals surface area contributed by atoms with Crippen LogP contribution in [0.15, 0.2) is 54.9 Å². The van der Waals surface area contributed by atoms with Gasteiger partial charge in [-0.15, -0.1) is 0 Å². The first-order valence-corrected chi connectivity index (χ1v) is 9.52. The van der Waals surface area contributed by atoms with Gasteiger partial charge < -0.3 is 14.4 Å². The number of benzene rings is 2. The number of hydrogen-bond acceptors (Lipinski definition) is 3. The fourth-order valence-electron chi connectivity index (χ4n) is 3.66. The third-order valence-corrected chi connectivity index (χ3v) is 5.26. The second-order valence-corrected chi connectivity index (χ2v) is 7.09. The van der Waals surface area contributed by atoms with Crippen LogP contribution in [-0.4, -0.2) is 46.5 Å². The number of para-hydroxylation sites is 2. The number of aryl methyl sites for hydroxylation is 1. The van der Waals surface area contributed by atoms with E-state index in [-0.39, 0.29) is 5.91 Å². The Labute approximate surface area is 166 Å². The third-order valence-electron chi connectivity index (χ3n) is 5.26. The van der Waals surface area contributed by atoms with Gasteiger partial charge in [-0.1, -0.05) is 18.2 Å². The summed E-state index contributed by atoms with van der Waals surface area (Å²) >= 11 is 0. The van der Waals surface area contributed by atoms with Crippen molar-refractivity contribution in [3.05, 3.63) is 60.4 Å². The molecule has 1 saturated heterocycles. The van der Waals surface area contributed by atoms with Gasteiger partial charge in [0, 0.05) is 44.8 Å². The summed E-state index contributed by atoms with van der Waals surface area (Å²) in [6.07, 6.45) is -2.25. The Hall–Kier alpha value is -3.03. The van der Waals surface area contributed by atoms with Gasteiger partial charge in [0.2, 0.25) is 5.91 Å². The Bertz CT molecular complexity index is 1010. The monoisotopic (exact) mass is 402 g/mol. The second kappa shape index (κ2) is 7.77. The Kier molecular flexibility index (Phi) is 5.17. The Balaban J connectivity index is 1.33. The molecule has 0 saturated carbocycles. The van der Waals surface area contributed by atoms with Crippen LogP contribution in [0.5, 0.6) is 0 Å². The van der Waals surface area contributed by atoms with Crippen LogP contribution in [0.1, 0.15) is 12.0 Å². The maximum absolute atomic E-state index is 12.9. The topological polar surface area (TPSA) is 41.4 Å². The lowest BCUT2D eigenvalue weighted by molar-refractivity contribution is -0.137. The van der Waals surface area contributed by atoms with Gasteiger partial charge in [-0.3, -0.25) is 4.79 Å². The summed E-state index contributed by atoms with van der Waals surface area (Å²) in [5, 5.41) is 0. The van der Waals surface area contributed by atoms with Crippen LogP contribution < -0.4 is 4.90 Å². The summed E-state index contributed by atoms with van der Waals surface area (Å²) in [4.78, 5) is 20.6. The van der Waals surface area contributed by atoms with Crippen LogP contribution in [0.2, 0.25) is 0 Å². The normalized spacial score (nSPS) is 15.1. The predicted molar refractivity (Wildman–Crippen MR) is 105 cm³/mol. The van der Waals surface area contributed by atoms with Crippen molar-refractivity contribution in [2.75, 3.05) is 31.1 Å². The molecule has 1 aliphatic rings. The molecule has 8 heteroatoms. The summed E-state index contributed by atoms with van der Waals surface area (Å²) < 4.78 is 40.7. The lowest BCUT2D eigenvalue weighted by Gasteiger charge is -2.36. The lowest BCUT2D eigenvalue weighted by atomic mass is 10.1. The van der Waals surface area contributed by atoms with Crippen molar-refractivity contribution in [2.24, 2.45) is 0 Å². The summed E-state index contributed by atoms with van der Waals surface area (Å²) in [6, 6.07) is 13.1. The Morgan fingerprint density at radius 3 is 2.52 bits per heavy atom. The van der Waals surface area contributed by atoms with Crippen molar-refractivity contribution < 1.29 is 18.0 Å². The molecule has 1 fully saturated rings. The van der Waals surface area contributed by atoms with Crippen molar-refractivity contribution in [2.45, 2.75) is 19.1 Å². The largest absolute Gasteiger partial charge is 0.416 e. The van der Waals surface area contributed by atoms with E-state index in [4.69, 9.17) is 0 Å². The molecule has 1 aromatic heterocycles. The zero-order valence-electron chi connectivity index (χ0n) is 15.8. The van der Waals surface area contributed by atoms with Crippen molar-refractivity contribution in [3.8, 4) is 0 Å². The van der Waals surface area contributed by atoms with Gasteiger partial charge in [0.1, 0.15) is 0 Å². The first kappa shape index (κ1) is 19.3. The fraction of sp³-hybridized carbons (Fsp3) is 0.333. The molecular weight excluding hydrogens is 381 g/mol. The number of carbonyl (C=O) groups excluding carboxylic acids is 1. The molecule has 0 bridgehead atoms. The molecule has 2 heterocycles. The summed E-state index contributed by atoms with van der Waals surface area (Å²) in [5.74, 6) is 0.0477. The average molecular weight is 402 g/mol. The van der Waals surface area contributed by atoms with E-state index < -0.39 is 11.7 Å².